The molecule has 2 rings (SSSR count). The van der Waals surface area contributed by atoms with Gasteiger partial charge in [-0.2, -0.15) is 0 Å². The Bertz CT molecular complexity index is 525. The van der Waals surface area contributed by atoms with Gasteiger partial charge in [-0.1, -0.05) is 55.5 Å². The Balaban J connectivity index is 2.24. The molecule has 6 heteroatoms. The minimum Gasteiger partial charge on any atom is -0.299 e. The Morgan fingerprint density at radius 2 is 2.00 bits per heavy atom. The molecule has 1 aromatic carbocycles. The van der Waals surface area contributed by atoms with E-state index < -0.39 is 0 Å². The zero-order valence-corrected chi connectivity index (χ0v) is 12.4. The predicted molar refractivity (Wildman–Crippen MR) is 80.6 cm³/mol. The Morgan fingerprint density at radius 3 is 2.55 bits per heavy atom. The number of rotatable bonds is 6. The van der Waals surface area contributed by atoms with Crippen molar-refractivity contribution in [2.75, 3.05) is 18.4 Å². The second-order valence-corrected chi connectivity index (χ2v) is 5.10. The van der Waals surface area contributed by atoms with Crippen molar-refractivity contribution in [3.63, 3.8) is 0 Å². The molecule has 20 heavy (non-hydrogen) atoms. The van der Waals surface area contributed by atoms with Crippen molar-refractivity contribution in [1.29, 1.82) is 0 Å². The lowest BCUT2D eigenvalue weighted by molar-refractivity contribution is -0.121. The minimum atomic E-state index is -0.310. The van der Waals surface area contributed by atoms with Gasteiger partial charge in [-0.15, -0.1) is 10.2 Å². The molecule has 0 aliphatic rings. The van der Waals surface area contributed by atoms with E-state index in [0.29, 0.717) is 5.13 Å². The van der Waals surface area contributed by atoms with Crippen molar-refractivity contribution in [3.8, 4) is 0 Å². The van der Waals surface area contributed by atoms with Crippen LogP contribution in [0.3, 0.4) is 0 Å². The van der Waals surface area contributed by atoms with E-state index in [4.69, 9.17) is 0 Å². The molecule has 0 radical (unpaired) electrons. The molecule has 2 aromatic rings. The van der Waals surface area contributed by atoms with Crippen LogP contribution in [0.5, 0.6) is 0 Å². The highest BCUT2D eigenvalue weighted by molar-refractivity contribution is 7.13. The van der Waals surface area contributed by atoms with Crippen LogP contribution in [-0.4, -0.2) is 34.1 Å². The van der Waals surface area contributed by atoms with Gasteiger partial charge in [0.15, 0.2) is 0 Å². The summed E-state index contributed by atoms with van der Waals surface area (Å²) in [7, 11) is 0. The zero-order chi connectivity index (χ0) is 14.4. The molecule has 1 N–H and O–H groups in total. The molecule has 0 saturated heterocycles. The molecule has 0 aliphatic carbocycles. The molecule has 5 nitrogen and oxygen atoms in total. The fraction of sp³-hybridized carbons (Fsp3) is 0.357. The van der Waals surface area contributed by atoms with Crippen molar-refractivity contribution < 1.29 is 4.79 Å². The summed E-state index contributed by atoms with van der Waals surface area (Å²) in [5.41, 5.74) is 2.59. The number of benzene rings is 1. The molecule has 1 aromatic heterocycles. The first kappa shape index (κ1) is 14.6. The van der Waals surface area contributed by atoms with Crippen LogP contribution >= 0.6 is 11.3 Å². The predicted octanol–water partition coefficient (Wildman–Crippen LogP) is 2.56. The monoisotopic (exact) mass is 290 g/mol. The highest BCUT2D eigenvalue weighted by atomic mass is 32.1. The van der Waals surface area contributed by atoms with Crippen LogP contribution in [0.15, 0.2) is 35.8 Å². The van der Waals surface area contributed by atoms with Crippen LogP contribution in [0.2, 0.25) is 0 Å². The first-order valence-corrected chi connectivity index (χ1v) is 7.50. The van der Waals surface area contributed by atoms with Crippen LogP contribution in [0.1, 0.15) is 25.5 Å². The summed E-state index contributed by atoms with van der Waals surface area (Å²) in [6.07, 6.45) is 0. The van der Waals surface area contributed by atoms with Gasteiger partial charge in [-0.05, 0) is 18.7 Å². The average Bonchev–Trinajstić information content (AvgIpc) is 2.98. The largest absolute Gasteiger partial charge is 0.299 e. The third-order valence-electron chi connectivity index (χ3n) is 3.13. The fourth-order valence-electron chi connectivity index (χ4n) is 2.15. The van der Waals surface area contributed by atoms with E-state index >= 15 is 0 Å². The van der Waals surface area contributed by atoms with Crippen molar-refractivity contribution in [3.05, 3.63) is 41.4 Å². The first-order chi connectivity index (χ1) is 9.76. The molecule has 106 valence electrons. The number of nitrogens with zero attached hydrogens (tertiary/aromatic N) is 3. The topological polar surface area (TPSA) is 58.1 Å². The van der Waals surface area contributed by atoms with Gasteiger partial charge in [0.2, 0.25) is 11.0 Å². The number of aromatic nitrogens is 2. The molecule has 1 atom stereocenters. The van der Waals surface area contributed by atoms with Crippen molar-refractivity contribution >= 4 is 22.4 Å². The molecule has 0 aliphatic heterocycles. The lowest BCUT2D eigenvalue weighted by atomic mass is 10.0. The number of amides is 1. The minimum absolute atomic E-state index is 0.0725. The number of hydrogen-bond donors (Lipinski definition) is 1. The Kier molecular flexibility index (Phi) is 5.20. The lowest BCUT2D eigenvalue weighted by Gasteiger charge is -2.28. The second-order valence-electron chi connectivity index (χ2n) is 4.27. The van der Waals surface area contributed by atoms with E-state index in [1.54, 1.807) is 5.51 Å². The molecule has 0 spiro atoms. The number of anilines is 1. The second kappa shape index (κ2) is 7.12. The zero-order valence-electron chi connectivity index (χ0n) is 11.6. The maximum absolute atomic E-state index is 12.6. The van der Waals surface area contributed by atoms with E-state index in [2.05, 4.69) is 34.3 Å². The van der Waals surface area contributed by atoms with Crippen LogP contribution in [0.4, 0.5) is 5.13 Å². The van der Waals surface area contributed by atoms with Crippen molar-refractivity contribution in [1.82, 2.24) is 15.1 Å². The summed E-state index contributed by atoms with van der Waals surface area (Å²) in [5.74, 6) is -0.0725. The van der Waals surface area contributed by atoms with Gasteiger partial charge in [0, 0.05) is 0 Å². The first-order valence-electron chi connectivity index (χ1n) is 6.62. The van der Waals surface area contributed by atoms with Crippen molar-refractivity contribution in [2.24, 2.45) is 0 Å². The highest BCUT2D eigenvalue weighted by Crippen LogP contribution is 2.22. The van der Waals surface area contributed by atoms with Gasteiger partial charge in [-0.25, -0.2) is 0 Å². The SMILES string of the molecule is CCN(CC)C(C(=O)Nc1nncs1)c1ccccc1. The molecule has 1 amide bonds. The van der Waals surface area contributed by atoms with Gasteiger partial charge in [0.25, 0.3) is 0 Å². The molecular weight excluding hydrogens is 272 g/mol. The Labute approximate surface area is 122 Å². The Morgan fingerprint density at radius 1 is 1.30 bits per heavy atom. The van der Waals surface area contributed by atoms with Gasteiger partial charge < -0.3 is 0 Å². The summed E-state index contributed by atoms with van der Waals surface area (Å²) in [5, 5.41) is 11.0. The number of carbonyl (C=O) groups is 1. The van der Waals surface area contributed by atoms with Crippen LogP contribution in [-0.2, 0) is 4.79 Å². The normalized spacial score (nSPS) is 12.3. The number of likely N-dealkylation sites (N-methyl/N-ethyl adjacent to an activating group) is 1. The van der Waals surface area contributed by atoms with Crippen molar-refractivity contribution in [2.45, 2.75) is 19.9 Å². The average molecular weight is 290 g/mol. The summed E-state index contributed by atoms with van der Waals surface area (Å²) >= 11 is 1.32. The Hall–Kier alpha value is -1.79. The standard InChI is InChI=1S/C14H18N4OS/c1-3-18(4-2)12(11-8-6-5-7-9-11)13(19)16-14-17-15-10-20-14/h5-10,12H,3-4H2,1-2H3,(H,16,17,19). The smallest absolute Gasteiger partial charge is 0.248 e. The molecule has 0 bridgehead atoms. The van der Waals surface area contributed by atoms with Gasteiger partial charge in [0.1, 0.15) is 11.6 Å². The van der Waals surface area contributed by atoms with E-state index in [-0.39, 0.29) is 11.9 Å². The number of nitrogens with one attached hydrogen (secondary N) is 1. The fourth-order valence-corrected chi connectivity index (χ4v) is 2.60. The third kappa shape index (κ3) is 3.40. The summed E-state index contributed by atoms with van der Waals surface area (Å²) in [4.78, 5) is 14.7. The maximum atomic E-state index is 12.6. The number of hydrogen-bond acceptors (Lipinski definition) is 5. The molecular formula is C14H18N4OS. The van der Waals surface area contributed by atoms with E-state index in [1.807, 2.05) is 30.3 Å². The van der Waals surface area contributed by atoms with E-state index in [0.717, 1.165) is 18.7 Å². The van der Waals surface area contributed by atoms with Crippen LogP contribution in [0, 0.1) is 0 Å². The van der Waals surface area contributed by atoms with Gasteiger partial charge >= 0.3 is 0 Å². The quantitative estimate of drug-likeness (QED) is 0.888. The van der Waals surface area contributed by atoms with E-state index in [9.17, 15) is 4.79 Å². The third-order valence-corrected chi connectivity index (χ3v) is 3.74. The molecule has 0 saturated carbocycles. The lowest BCUT2D eigenvalue weighted by Crippen LogP contribution is -2.37. The van der Waals surface area contributed by atoms with E-state index in [1.165, 1.54) is 11.3 Å². The molecule has 1 heterocycles. The number of carbonyl (C=O) groups excluding carboxylic acids is 1. The summed E-state index contributed by atoms with van der Waals surface area (Å²) in [6, 6.07) is 9.49. The van der Waals surface area contributed by atoms with Crippen LogP contribution in [0.25, 0.3) is 0 Å². The maximum Gasteiger partial charge on any atom is 0.248 e. The summed E-state index contributed by atoms with van der Waals surface area (Å²) in [6.45, 7) is 5.72. The molecule has 0 fully saturated rings. The highest BCUT2D eigenvalue weighted by Gasteiger charge is 2.26. The van der Waals surface area contributed by atoms with Gasteiger partial charge in [0.05, 0.1) is 0 Å². The van der Waals surface area contributed by atoms with Crippen LogP contribution < -0.4 is 5.32 Å². The van der Waals surface area contributed by atoms with Gasteiger partial charge in [-0.3, -0.25) is 15.0 Å². The summed E-state index contributed by atoms with van der Waals surface area (Å²) < 4.78 is 0. The molecule has 1 unspecified atom stereocenters.